The highest BCUT2D eigenvalue weighted by Gasteiger charge is 2.50. The van der Waals surface area contributed by atoms with Crippen molar-refractivity contribution in [1.82, 2.24) is 9.80 Å². The summed E-state index contributed by atoms with van der Waals surface area (Å²) in [4.78, 5) is 16.4. The Hall–Kier alpha value is -2.03. The molecule has 0 unspecified atom stereocenters. The molecule has 2 aliphatic rings. The Bertz CT molecular complexity index is 856. The number of carbonyl (C=O) groups is 1. The second kappa shape index (κ2) is 9.63. The molecular formula is C26H38N2O3. The van der Waals surface area contributed by atoms with Crippen molar-refractivity contribution in [3.63, 3.8) is 0 Å². The Balaban J connectivity index is 1.79. The van der Waals surface area contributed by atoms with Crippen LogP contribution in [0.1, 0.15) is 64.0 Å². The highest BCUT2D eigenvalue weighted by molar-refractivity contribution is 5.70. The molecule has 3 atom stereocenters. The quantitative estimate of drug-likeness (QED) is 0.692. The van der Waals surface area contributed by atoms with Crippen molar-refractivity contribution in [3.8, 4) is 17.6 Å². The molecule has 5 nitrogen and oxygen atoms in total. The molecule has 0 spiro atoms. The zero-order chi connectivity index (χ0) is 22.6. The van der Waals surface area contributed by atoms with Crippen LogP contribution in [-0.4, -0.2) is 60.3 Å². The summed E-state index contributed by atoms with van der Waals surface area (Å²) in [5.41, 5.74) is 1.89. The molecule has 0 radical (unpaired) electrons. The van der Waals surface area contributed by atoms with Gasteiger partial charge in [0.05, 0.1) is 0 Å². The summed E-state index contributed by atoms with van der Waals surface area (Å²) in [7, 11) is 4.00. The maximum atomic E-state index is 12.6. The molecule has 0 bridgehead atoms. The monoisotopic (exact) mass is 426 g/mol. The second-order valence-corrected chi connectivity index (χ2v) is 9.43. The molecule has 0 aromatic heterocycles. The van der Waals surface area contributed by atoms with Gasteiger partial charge in [-0.25, -0.2) is 4.79 Å². The van der Waals surface area contributed by atoms with Crippen LogP contribution in [0.15, 0.2) is 18.2 Å². The minimum atomic E-state index is -0.846. The van der Waals surface area contributed by atoms with Crippen LogP contribution in [0.3, 0.4) is 0 Å². The molecule has 1 aromatic rings. The van der Waals surface area contributed by atoms with Gasteiger partial charge < -0.3 is 19.6 Å². The molecule has 1 amide bonds. The van der Waals surface area contributed by atoms with E-state index in [4.69, 9.17) is 4.74 Å². The average Bonchev–Trinajstić information content (AvgIpc) is 2.73. The number of likely N-dealkylation sites (N-methyl/N-ethyl adjacent to an activating group) is 2. The number of ether oxygens (including phenoxy) is 1. The van der Waals surface area contributed by atoms with Gasteiger partial charge in [0.2, 0.25) is 0 Å². The number of benzene rings is 1. The third kappa shape index (κ3) is 4.91. The summed E-state index contributed by atoms with van der Waals surface area (Å²) in [6, 6.07) is 6.18. The Kier molecular flexibility index (Phi) is 7.34. The van der Waals surface area contributed by atoms with Gasteiger partial charge in [0.25, 0.3) is 0 Å². The molecule has 1 saturated carbocycles. The Morgan fingerprint density at radius 2 is 2.03 bits per heavy atom. The number of hydrogen-bond donors (Lipinski definition) is 1. The van der Waals surface area contributed by atoms with E-state index in [0.29, 0.717) is 31.2 Å². The Labute approximate surface area is 187 Å². The minimum absolute atomic E-state index is 0.0823. The Morgan fingerprint density at radius 1 is 1.26 bits per heavy atom. The first-order valence-electron chi connectivity index (χ1n) is 11.7. The lowest BCUT2D eigenvalue weighted by Gasteiger charge is -2.52. The van der Waals surface area contributed by atoms with Crippen LogP contribution in [0.25, 0.3) is 0 Å². The summed E-state index contributed by atoms with van der Waals surface area (Å²) in [5, 5.41) is 10.9. The third-order valence-electron chi connectivity index (χ3n) is 7.38. The van der Waals surface area contributed by atoms with Crippen molar-refractivity contribution in [2.45, 2.75) is 70.3 Å². The molecule has 31 heavy (non-hydrogen) atoms. The van der Waals surface area contributed by atoms with Crippen molar-refractivity contribution in [3.05, 3.63) is 29.3 Å². The van der Waals surface area contributed by atoms with Gasteiger partial charge >= 0.3 is 6.09 Å². The van der Waals surface area contributed by atoms with E-state index < -0.39 is 5.60 Å². The van der Waals surface area contributed by atoms with Gasteiger partial charge in [0, 0.05) is 19.6 Å². The van der Waals surface area contributed by atoms with Crippen LogP contribution in [-0.2, 0) is 11.8 Å². The molecule has 1 fully saturated rings. The summed E-state index contributed by atoms with van der Waals surface area (Å²) < 4.78 is 5.74. The highest BCUT2D eigenvalue weighted by atomic mass is 16.6. The van der Waals surface area contributed by atoms with E-state index in [-0.39, 0.29) is 11.5 Å². The van der Waals surface area contributed by atoms with E-state index in [1.807, 2.05) is 27.1 Å². The number of fused-ring (bicyclic) bond motifs is 3. The van der Waals surface area contributed by atoms with Crippen molar-refractivity contribution in [1.29, 1.82) is 0 Å². The lowest BCUT2D eigenvalue weighted by atomic mass is 9.53. The van der Waals surface area contributed by atoms with E-state index in [1.54, 1.807) is 11.8 Å². The number of nitrogens with zero attached hydrogens (tertiary/aromatic N) is 2. The van der Waals surface area contributed by atoms with Crippen LogP contribution in [0.2, 0.25) is 0 Å². The van der Waals surface area contributed by atoms with Crippen LogP contribution in [0.5, 0.6) is 5.75 Å². The van der Waals surface area contributed by atoms with Gasteiger partial charge in [-0.05, 0) is 101 Å². The van der Waals surface area contributed by atoms with E-state index in [2.05, 4.69) is 35.8 Å². The summed E-state index contributed by atoms with van der Waals surface area (Å²) in [6.45, 7) is 8.12. The predicted molar refractivity (Wildman–Crippen MR) is 124 cm³/mol. The minimum Gasteiger partial charge on any atom is -0.410 e. The Morgan fingerprint density at radius 3 is 2.68 bits per heavy atom. The zero-order valence-corrected chi connectivity index (χ0v) is 19.8. The average molecular weight is 427 g/mol. The number of hydrogen-bond acceptors (Lipinski definition) is 4. The lowest BCUT2D eigenvalue weighted by Crippen LogP contribution is -2.49. The molecule has 2 aliphatic carbocycles. The topological polar surface area (TPSA) is 53.0 Å². The molecular weight excluding hydrogens is 388 g/mol. The van der Waals surface area contributed by atoms with Crippen molar-refractivity contribution >= 4 is 6.09 Å². The van der Waals surface area contributed by atoms with E-state index in [1.165, 1.54) is 11.1 Å². The lowest BCUT2D eigenvalue weighted by molar-refractivity contribution is -0.00926. The van der Waals surface area contributed by atoms with Gasteiger partial charge in [-0.1, -0.05) is 18.9 Å². The van der Waals surface area contributed by atoms with Crippen molar-refractivity contribution in [2.75, 3.05) is 33.7 Å². The number of carbonyl (C=O) groups excluding carboxylic acids is 1. The molecule has 5 heteroatoms. The van der Waals surface area contributed by atoms with Gasteiger partial charge in [-0.15, -0.1) is 5.92 Å². The van der Waals surface area contributed by atoms with Gasteiger partial charge in [-0.2, -0.15) is 0 Å². The van der Waals surface area contributed by atoms with Gasteiger partial charge in [-0.3, -0.25) is 0 Å². The molecule has 0 heterocycles. The normalized spacial score (nSPS) is 27.0. The second-order valence-electron chi connectivity index (χ2n) is 9.43. The molecule has 3 rings (SSSR count). The zero-order valence-electron chi connectivity index (χ0n) is 19.8. The SMILES string of the molecule is CC#C[C@@]1(O)CC[C@@]2(CC)c3ccc(OC(=O)N(CC)CCN(C)C)cc3CC[C@@H]2C1. The number of aryl methyl sites for hydroxylation is 1. The fourth-order valence-electron chi connectivity index (χ4n) is 5.59. The van der Waals surface area contributed by atoms with Crippen LogP contribution < -0.4 is 4.74 Å². The number of aliphatic hydroxyl groups is 1. The van der Waals surface area contributed by atoms with E-state index in [0.717, 1.165) is 38.6 Å². The number of amides is 1. The summed E-state index contributed by atoms with van der Waals surface area (Å²) in [5.74, 6) is 7.04. The largest absolute Gasteiger partial charge is 0.415 e. The fraction of sp³-hybridized carbons (Fsp3) is 0.654. The molecule has 1 N–H and O–H groups in total. The van der Waals surface area contributed by atoms with Crippen LogP contribution >= 0.6 is 0 Å². The first-order valence-corrected chi connectivity index (χ1v) is 11.7. The third-order valence-corrected chi connectivity index (χ3v) is 7.38. The summed E-state index contributed by atoms with van der Waals surface area (Å²) >= 11 is 0. The summed E-state index contributed by atoms with van der Waals surface area (Å²) in [6.07, 6.45) is 5.15. The predicted octanol–water partition coefficient (Wildman–Crippen LogP) is 4.22. The number of rotatable bonds is 6. The molecule has 170 valence electrons. The maximum absolute atomic E-state index is 12.6. The molecule has 0 aliphatic heterocycles. The van der Waals surface area contributed by atoms with Crippen LogP contribution in [0, 0.1) is 17.8 Å². The first kappa shape index (κ1) is 23.6. The van der Waals surface area contributed by atoms with Crippen LogP contribution in [0.4, 0.5) is 4.79 Å². The maximum Gasteiger partial charge on any atom is 0.415 e. The van der Waals surface area contributed by atoms with E-state index >= 15 is 0 Å². The fourth-order valence-corrected chi connectivity index (χ4v) is 5.59. The van der Waals surface area contributed by atoms with Gasteiger partial charge in [0.15, 0.2) is 0 Å². The molecule has 0 saturated heterocycles. The standard InChI is InChI=1S/C26H38N2O3/c1-6-13-25(30)14-15-26(7-2)21(19-25)10-9-20-18-22(11-12-23(20)26)31-24(29)28(8-3)17-16-27(4)5/h11-12,18,21,30H,7-10,14-17,19H2,1-5H3/t21-,25-,26-/m1/s1. The highest BCUT2D eigenvalue weighted by Crippen LogP contribution is 2.54. The first-order chi connectivity index (χ1) is 14.8. The molecule has 1 aromatic carbocycles. The van der Waals surface area contributed by atoms with Gasteiger partial charge in [0.1, 0.15) is 11.4 Å². The van der Waals surface area contributed by atoms with Crippen molar-refractivity contribution < 1.29 is 14.6 Å². The van der Waals surface area contributed by atoms with E-state index in [9.17, 15) is 9.90 Å². The van der Waals surface area contributed by atoms with Crippen molar-refractivity contribution in [2.24, 2.45) is 5.92 Å². The smallest absolute Gasteiger partial charge is 0.410 e.